The van der Waals surface area contributed by atoms with Gasteiger partial charge < -0.3 is 15.4 Å². The second-order valence-electron chi connectivity index (χ2n) is 4.36. The van der Waals surface area contributed by atoms with E-state index >= 15 is 0 Å². The highest BCUT2D eigenvalue weighted by molar-refractivity contribution is 5.96. The van der Waals surface area contributed by atoms with Crippen molar-refractivity contribution < 1.29 is 9.53 Å². The lowest BCUT2D eigenvalue weighted by Gasteiger charge is -2.16. The fraction of sp³-hybridized carbons (Fsp3) is 0.500. The molecule has 1 aliphatic carbocycles. The van der Waals surface area contributed by atoms with Crippen molar-refractivity contribution in [3.05, 3.63) is 23.5 Å². The van der Waals surface area contributed by atoms with Crippen LogP contribution >= 0.6 is 0 Å². The van der Waals surface area contributed by atoms with Gasteiger partial charge in [0.15, 0.2) is 5.75 Å². The molecule has 1 saturated carbocycles. The molecule has 92 valence electrons. The highest BCUT2D eigenvalue weighted by Crippen LogP contribution is 2.31. The number of rotatable bonds is 4. The SMILES string of the molecule is CN(C)C(=O)c1ccnc(CN)c1OC1CC1. The first-order valence-corrected chi connectivity index (χ1v) is 5.69. The Labute approximate surface area is 101 Å². The molecular weight excluding hydrogens is 218 g/mol. The maximum absolute atomic E-state index is 12.0. The molecular formula is C12H17N3O2. The molecule has 0 bridgehead atoms. The van der Waals surface area contributed by atoms with E-state index in [4.69, 9.17) is 10.5 Å². The Bertz CT molecular complexity index is 428. The molecule has 0 spiro atoms. The van der Waals surface area contributed by atoms with E-state index in [9.17, 15) is 4.79 Å². The highest BCUT2D eigenvalue weighted by Gasteiger charge is 2.27. The molecule has 1 aromatic heterocycles. The summed E-state index contributed by atoms with van der Waals surface area (Å²) in [5, 5.41) is 0. The highest BCUT2D eigenvalue weighted by atomic mass is 16.5. The minimum absolute atomic E-state index is 0.0854. The zero-order chi connectivity index (χ0) is 12.4. The van der Waals surface area contributed by atoms with Gasteiger partial charge in [-0.3, -0.25) is 9.78 Å². The van der Waals surface area contributed by atoms with Crippen molar-refractivity contribution in [2.75, 3.05) is 14.1 Å². The summed E-state index contributed by atoms with van der Waals surface area (Å²) >= 11 is 0. The number of nitrogens with zero attached hydrogens (tertiary/aromatic N) is 2. The third-order valence-electron chi connectivity index (χ3n) is 2.62. The van der Waals surface area contributed by atoms with E-state index in [1.807, 2.05) is 0 Å². The molecule has 17 heavy (non-hydrogen) atoms. The van der Waals surface area contributed by atoms with E-state index in [1.165, 1.54) is 4.90 Å². The lowest BCUT2D eigenvalue weighted by Crippen LogP contribution is -2.23. The van der Waals surface area contributed by atoms with Crippen LogP contribution in [0, 0.1) is 0 Å². The van der Waals surface area contributed by atoms with Crippen LogP contribution in [0.3, 0.4) is 0 Å². The van der Waals surface area contributed by atoms with Crippen LogP contribution in [0.1, 0.15) is 28.9 Å². The summed E-state index contributed by atoms with van der Waals surface area (Å²) < 4.78 is 5.76. The van der Waals surface area contributed by atoms with E-state index in [0.717, 1.165) is 12.8 Å². The van der Waals surface area contributed by atoms with Gasteiger partial charge in [0.1, 0.15) is 0 Å². The maximum atomic E-state index is 12.0. The Morgan fingerprint density at radius 2 is 2.29 bits per heavy atom. The molecule has 1 fully saturated rings. The normalized spacial score (nSPS) is 14.5. The van der Waals surface area contributed by atoms with Crippen LogP contribution in [0.15, 0.2) is 12.3 Å². The van der Waals surface area contributed by atoms with E-state index in [2.05, 4.69) is 4.98 Å². The van der Waals surface area contributed by atoms with Crippen molar-refractivity contribution in [2.45, 2.75) is 25.5 Å². The minimum Gasteiger partial charge on any atom is -0.488 e. The van der Waals surface area contributed by atoms with Crippen LogP contribution in [0.5, 0.6) is 5.75 Å². The molecule has 0 saturated heterocycles. The molecule has 0 unspecified atom stereocenters. The number of hydrogen-bond donors (Lipinski definition) is 1. The lowest BCUT2D eigenvalue weighted by molar-refractivity contribution is 0.0822. The standard InChI is InChI=1S/C12H17N3O2/c1-15(2)12(16)9-5-6-14-10(7-13)11(9)17-8-3-4-8/h5-6,8H,3-4,7,13H2,1-2H3. The Morgan fingerprint density at radius 1 is 1.59 bits per heavy atom. The molecule has 1 aliphatic rings. The summed E-state index contributed by atoms with van der Waals surface area (Å²) in [5.74, 6) is 0.467. The molecule has 5 nitrogen and oxygen atoms in total. The van der Waals surface area contributed by atoms with Crippen molar-refractivity contribution in [1.82, 2.24) is 9.88 Å². The van der Waals surface area contributed by atoms with Crippen LogP contribution in [0.25, 0.3) is 0 Å². The second-order valence-corrected chi connectivity index (χ2v) is 4.36. The minimum atomic E-state index is -0.0854. The molecule has 0 aliphatic heterocycles. The molecule has 0 atom stereocenters. The summed E-state index contributed by atoms with van der Waals surface area (Å²) in [7, 11) is 3.43. The fourth-order valence-electron chi connectivity index (χ4n) is 1.53. The van der Waals surface area contributed by atoms with Crippen molar-refractivity contribution in [1.29, 1.82) is 0 Å². The molecule has 2 N–H and O–H groups in total. The summed E-state index contributed by atoms with van der Waals surface area (Å²) in [6.45, 7) is 0.274. The van der Waals surface area contributed by atoms with Gasteiger partial charge in [0.25, 0.3) is 5.91 Å². The van der Waals surface area contributed by atoms with E-state index in [-0.39, 0.29) is 18.6 Å². The Morgan fingerprint density at radius 3 is 2.82 bits per heavy atom. The predicted octanol–water partition coefficient (Wildman–Crippen LogP) is 0.783. The van der Waals surface area contributed by atoms with Crippen LogP contribution in [0.2, 0.25) is 0 Å². The first-order chi connectivity index (χ1) is 8.13. The average molecular weight is 235 g/mol. The van der Waals surface area contributed by atoms with Crippen LogP contribution < -0.4 is 10.5 Å². The Kier molecular flexibility index (Phi) is 3.28. The van der Waals surface area contributed by atoms with Gasteiger partial charge in [-0.2, -0.15) is 0 Å². The van der Waals surface area contributed by atoms with Gasteiger partial charge in [0, 0.05) is 26.8 Å². The van der Waals surface area contributed by atoms with Gasteiger partial charge in [-0.1, -0.05) is 0 Å². The molecule has 5 heteroatoms. The number of hydrogen-bond acceptors (Lipinski definition) is 4. The van der Waals surface area contributed by atoms with Gasteiger partial charge in [0.2, 0.25) is 0 Å². The van der Waals surface area contributed by atoms with E-state index in [1.54, 1.807) is 26.4 Å². The van der Waals surface area contributed by atoms with E-state index in [0.29, 0.717) is 17.0 Å². The molecule has 1 aromatic rings. The van der Waals surface area contributed by atoms with Crippen molar-refractivity contribution in [2.24, 2.45) is 5.73 Å². The number of pyridine rings is 1. The van der Waals surface area contributed by atoms with E-state index < -0.39 is 0 Å². The zero-order valence-corrected chi connectivity index (χ0v) is 10.1. The van der Waals surface area contributed by atoms with Crippen molar-refractivity contribution >= 4 is 5.91 Å². The molecule has 1 heterocycles. The number of amides is 1. The van der Waals surface area contributed by atoms with Crippen LogP contribution in [-0.2, 0) is 6.54 Å². The van der Waals surface area contributed by atoms with Gasteiger partial charge in [-0.15, -0.1) is 0 Å². The summed E-state index contributed by atoms with van der Waals surface area (Å²) in [6.07, 6.45) is 3.89. The molecule has 0 radical (unpaired) electrons. The first-order valence-electron chi connectivity index (χ1n) is 5.69. The summed E-state index contributed by atoms with van der Waals surface area (Å²) in [5.41, 5.74) is 6.81. The topological polar surface area (TPSA) is 68.5 Å². The van der Waals surface area contributed by atoms with Crippen LogP contribution in [-0.4, -0.2) is 36.0 Å². The van der Waals surface area contributed by atoms with Gasteiger partial charge in [-0.25, -0.2) is 0 Å². The molecule has 1 amide bonds. The third kappa shape index (κ3) is 2.55. The molecule has 2 rings (SSSR count). The average Bonchev–Trinajstić information content (AvgIpc) is 3.12. The summed E-state index contributed by atoms with van der Waals surface area (Å²) in [6, 6.07) is 1.68. The fourth-order valence-corrected chi connectivity index (χ4v) is 1.53. The quantitative estimate of drug-likeness (QED) is 0.837. The number of ether oxygens (including phenoxy) is 1. The number of nitrogens with two attached hydrogens (primary N) is 1. The lowest BCUT2D eigenvalue weighted by atomic mass is 10.1. The number of aromatic nitrogens is 1. The molecule has 0 aromatic carbocycles. The maximum Gasteiger partial charge on any atom is 0.257 e. The number of carbonyl (C=O) groups is 1. The van der Waals surface area contributed by atoms with Gasteiger partial charge in [-0.05, 0) is 18.9 Å². The summed E-state index contributed by atoms with van der Waals surface area (Å²) in [4.78, 5) is 17.7. The van der Waals surface area contributed by atoms with Crippen LogP contribution in [0.4, 0.5) is 0 Å². The third-order valence-corrected chi connectivity index (χ3v) is 2.62. The smallest absolute Gasteiger partial charge is 0.257 e. The monoisotopic (exact) mass is 235 g/mol. The Hall–Kier alpha value is -1.62. The second kappa shape index (κ2) is 4.71. The zero-order valence-electron chi connectivity index (χ0n) is 10.1. The van der Waals surface area contributed by atoms with Crippen molar-refractivity contribution in [3.63, 3.8) is 0 Å². The van der Waals surface area contributed by atoms with Gasteiger partial charge >= 0.3 is 0 Å². The first kappa shape index (κ1) is 11.9. The predicted molar refractivity (Wildman–Crippen MR) is 63.8 cm³/mol. The van der Waals surface area contributed by atoms with Crippen molar-refractivity contribution in [3.8, 4) is 5.75 Å². The number of carbonyl (C=O) groups excluding carboxylic acids is 1. The van der Waals surface area contributed by atoms with Gasteiger partial charge in [0.05, 0.1) is 17.4 Å². The Balaban J connectivity index is 2.37. The largest absolute Gasteiger partial charge is 0.488 e.